The molecule has 8 nitrogen and oxygen atoms in total. The largest absolute Gasteiger partial charge is 0.503 e. The van der Waals surface area contributed by atoms with Crippen molar-refractivity contribution < 1.29 is 9.90 Å². The number of amides is 1. The van der Waals surface area contributed by atoms with E-state index in [4.69, 9.17) is 0 Å². The average molecular weight is 409 g/mol. The zero-order valence-corrected chi connectivity index (χ0v) is 17.8. The fourth-order valence-corrected chi connectivity index (χ4v) is 4.81. The molecule has 158 valence electrons. The summed E-state index contributed by atoms with van der Waals surface area (Å²) < 4.78 is 3.75. The van der Waals surface area contributed by atoms with E-state index in [0.717, 1.165) is 35.9 Å². The van der Waals surface area contributed by atoms with Crippen LogP contribution in [0.4, 0.5) is 0 Å². The number of nitrogens with one attached hydrogen (secondary N) is 1. The topological polar surface area (TPSA) is 102 Å². The summed E-state index contributed by atoms with van der Waals surface area (Å²) in [6, 6.07) is 4.00. The lowest BCUT2D eigenvalue weighted by molar-refractivity contribution is 0.0952. The number of nitrogens with zero attached hydrogens (tertiary/aromatic N) is 4. The predicted molar refractivity (Wildman–Crippen MR) is 114 cm³/mol. The number of pyridine rings is 1. The quantitative estimate of drug-likeness (QED) is 0.690. The Labute approximate surface area is 174 Å². The fourth-order valence-electron chi connectivity index (χ4n) is 4.81. The van der Waals surface area contributed by atoms with Crippen LogP contribution in [0.15, 0.2) is 35.5 Å². The van der Waals surface area contributed by atoms with Crippen molar-refractivity contribution in [1.29, 1.82) is 0 Å². The second-order valence-electron chi connectivity index (χ2n) is 9.09. The zero-order chi connectivity index (χ0) is 21.7. The molecule has 2 N–H and O–H groups in total. The standard InChI is InChI=1S/C22H27N5O3/c1-14-10-27(19-15(14)6-5-9-24-19)22(8-7-21(2,3)12-22)13-26-11-16(28)18(29)17(25-26)20(30)23-4/h5-6,9-11,28H,7-8,12-13H2,1-4H3,(H,23,30). The third kappa shape index (κ3) is 3.26. The Morgan fingerprint density at radius 2 is 2.07 bits per heavy atom. The molecule has 0 aromatic carbocycles. The number of aromatic nitrogens is 4. The van der Waals surface area contributed by atoms with E-state index in [1.165, 1.54) is 17.9 Å². The summed E-state index contributed by atoms with van der Waals surface area (Å²) in [5.41, 5.74) is 0.739. The van der Waals surface area contributed by atoms with Gasteiger partial charge < -0.3 is 15.0 Å². The van der Waals surface area contributed by atoms with E-state index in [0.29, 0.717) is 6.54 Å². The maximum absolute atomic E-state index is 12.2. The Morgan fingerprint density at radius 3 is 2.73 bits per heavy atom. The van der Waals surface area contributed by atoms with Gasteiger partial charge in [-0.2, -0.15) is 5.10 Å². The molecule has 0 spiro atoms. The Bertz CT molecular complexity index is 1190. The average Bonchev–Trinajstić information content (AvgIpc) is 3.21. The SMILES string of the molecule is CNC(=O)c1nn(CC2(n3cc(C)c4cccnc43)CCC(C)(C)C2)cc(O)c1=O. The summed E-state index contributed by atoms with van der Waals surface area (Å²) >= 11 is 0. The van der Waals surface area contributed by atoms with Crippen LogP contribution in [0.3, 0.4) is 0 Å². The minimum Gasteiger partial charge on any atom is -0.503 e. The van der Waals surface area contributed by atoms with Crippen LogP contribution in [0.2, 0.25) is 0 Å². The summed E-state index contributed by atoms with van der Waals surface area (Å²) in [5, 5.41) is 17.9. The van der Waals surface area contributed by atoms with Gasteiger partial charge in [0.15, 0.2) is 11.4 Å². The van der Waals surface area contributed by atoms with Crippen molar-refractivity contribution in [2.75, 3.05) is 7.05 Å². The van der Waals surface area contributed by atoms with Crippen LogP contribution in [-0.2, 0) is 12.1 Å². The molecular formula is C22H27N5O3. The van der Waals surface area contributed by atoms with Gasteiger partial charge in [0.2, 0.25) is 0 Å². The number of hydrogen-bond donors (Lipinski definition) is 2. The molecular weight excluding hydrogens is 382 g/mol. The van der Waals surface area contributed by atoms with Crippen molar-refractivity contribution in [1.82, 2.24) is 24.6 Å². The van der Waals surface area contributed by atoms with Gasteiger partial charge in [-0.05, 0) is 49.3 Å². The van der Waals surface area contributed by atoms with Gasteiger partial charge in [-0.3, -0.25) is 14.3 Å². The summed E-state index contributed by atoms with van der Waals surface area (Å²) in [6.45, 7) is 6.97. The minimum absolute atomic E-state index is 0.115. The van der Waals surface area contributed by atoms with E-state index in [9.17, 15) is 14.7 Å². The molecule has 30 heavy (non-hydrogen) atoms. The van der Waals surface area contributed by atoms with E-state index in [-0.39, 0.29) is 16.6 Å². The zero-order valence-electron chi connectivity index (χ0n) is 17.8. The number of hydrogen-bond acceptors (Lipinski definition) is 5. The lowest BCUT2D eigenvalue weighted by atomic mass is 9.87. The van der Waals surface area contributed by atoms with Crippen molar-refractivity contribution in [3.8, 4) is 5.75 Å². The lowest BCUT2D eigenvalue weighted by Crippen LogP contribution is -2.38. The van der Waals surface area contributed by atoms with Crippen LogP contribution in [0, 0.1) is 12.3 Å². The van der Waals surface area contributed by atoms with Gasteiger partial charge in [-0.25, -0.2) is 4.98 Å². The molecule has 0 aliphatic heterocycles. The molecule has 8 heteroatoms. The Balaban J connectivity index is 1.87. The maximum Gasteiger partial charge on any atom is 0.275 e. The minimum atomic E-state index is -0.768. The first-order chi connectivity index (χ1) is 14.2. The summed E-state index contributed by atoms with van der Waals surface area (Å²) in [7, 11) is 1.43. The van der Waals surface area contributed by atoms with Gasteiger partial charge in [-0.1, -0.05) is 13.8 Å². The van der Waals surface area contributed by atoms with Gasteiger partial charge in [0.05, 0.1) is 18.3 Å². The first kappa shape index (κ1) is 20.1. The Kier molecular flexibility index (Phi) is 4.67. The van der Waals surface area contributed by atoms with Crippen LogP contribution >= 0.6 is 0 Å². The van der Waals surface area contributed by atoms with E-state index in [1.807, 2.05) is 6.07 Å². The Morgan fingerprint density at radius 1 is 1.30 bits per heavy atom. The highest BCUT2D eigenvalue weighted by Gasteiger charge is 2.46. The molecule has 1 saturated carbocycles. The molecule has 1 fully saturated rings. The van der Waals surface area contributed by atoms with Crippen molar-refractivity contribution in [3.63, 3.8) is 0 Å². The van der Waals surface area contributed by atoms with Crippen LogP contribution in [0.25, 0.3) is 11.0 Å². The van der Waals surface area contributed by atoms with E-state index in [1.54, 1.807) is 6.20 Å². The molecule has 1 aliphatic carbocycles. The third-order valence-electron chi connectivity index (χ3n) is 6.19. The molecule has 1 amide bonds. The number of fused-ring (bicyclic) bond motifs is 1. The van der Waals surface area contributed by atoms with Gasteiger partial charge in [0.25, 0.3) is 11.3 Å². The smallest absolute Gasteiger partial charge is 0.275 e. The highest BCUT2D eigenvalue weighted by molar-refractivity contribution is 5.92. The van der Waals surface area contributed by atoms with Crippen LogP contribution in [0.1, 0.15) is 49.2 Å². The van der Waals surface area contributed by atoms with Gasteiger partial charge in [0, 0.05) is 24.8 Å². The molecule has 0 bridgehead atoms. The maximum atomic E-state index is 12.2. The first-order valence-electron chi connectivity index (χ1n) is 10.1. The van der Waals surface area contributed by atoms with E-state index < -0.39 is 17.1 Å². The summed E-state index contributed by atoms with van der Waals surface area (Å²) in [5.74, 6) is -1.10. The monoisotopic (exact) mass is 409 g/mol. The fraction of sp³-hybridized carbons (Fsp3) is 0.455. The molecule has 4 rings (SSSR count). The second-order valence-corrected chi connectivity index (χ2v) is 9.09. The van der Waals surface area contributed by atoms with Crippen molar-refractivity contribution in [3.05, 3.63) is 52.2 Å². The normalized spacial score (nSPS) is 20.5. The Hall–Kier alpha value is -3.16. The molecule has 0 radical (unpaired) electrons. The van der Waals surface area contributed by atoms with Gasteiger partial charge in [-0.15, -0.1) is 0 Å². The third-order valence-corrected chi connectivity index (χ3v) is 6.19. The van der Waals surface area contributed by atoms with Crippen LogP contribution < -0.4 is 10.7 Å². The van der Waals surface area contributed by atoms with Crippen LogP contribution in [0.5, 0.6) is 5.75 Å². The van der Waals surface area contributed by atoms with Crippen molar-refractivity contribution >= 4 is 16.9 Å². The van der Waals surface area contributed by atoms with E-state index in [2.05, 4.69) is 53.0 Å². The van der Waals surface area contributed by atoms with Gasteiger partial charge in [0.1, 0.15) is 5.65 Å². The summed E-state index contributed by atoms with van der Waals surface area (Å²) in [4.78, 5) is 28.9. The number of rotatable bonds is 4. The van der Waals surface area contributed by atoms with Crippen molar-refractivity contribution in [2.24, 2.45) is 5.41 Å². The van der Waals surface area contributed by atoms with Crippen LogP contribution in [-0.4, -0.2) is 37.4 Å². The molecule has 0 saturated heterocycles. The molecule has 1 aliphatic rings. The number of carbonyl (C=O) groups excluding carboxylic acids is 1. The number of aromatic hydroxyl groups is 1. The van der Waals surface area contributed by atoms with Crippen molar-refractivity contribution in [2.45, 2.75) is 52.1 Å². The molecule has 1 unspecified atom stereocenters. The highest BCUT2D eigenvalue weighted by Crippen LogP contribution is 2.50. The highest BCUT2D eigenvalue weighted by atomic mass is 16.3. The predicted octanol–water partition coefficient (Wildman–Crippen LogP) is 2.57. The first-order valence-corrected chi connectivity index (χ1v) is 10.1. The number of carbonyl (C=O) groups is 1. The number of aryl methyl sites for hydroxylation is 1. The second kappa shape index (κ2) is 6.97. The molecule has 3 aromatic heterocycles. The molecule has 1 atom stereocenters. The molecule has 3 heterocycles. The van der Waals surface area contributed by atoms with Gasteiger partial charge >= 0.3 is 0 Å². The summed E-state index contributed by atoms with van der Waals surface area (Å²) in [6.07, 6.45) is 8.02. The molecule has 3 aromatic rings. The van der Waals surface area contributed by atoms with E-state index >= 15 is 0 Å². The lowest BCUT2D eigenvalue weighted by Gasteiger charge is -2.34.